The normalized spacial score (nSPS) is 11.5. The summed E-state index contributed by atoms with van der Waals surface area (Å²) in [5.74, 6) is -0.779. The van der Waals surface area contributed by atoms with Crippen molar-refractivity contribution >= 4 is 35.6 Å². The van der Waals surface area contributed by atoms with Crippen LogP contribution in [0, 0.1) is 15.9 Å². The van der Waals surface area contributed by atoms with Crippen molar-refractivity contribution in [3.8, 4) is 0 Å². The summed E-state index contributed by atoms with van der Waals surface area (Å²) in [6.07, 6.45) is -4.68. The lowest BCUT2D eigenvalue weighted by Crippen LogP contribution is -2.36. The van der Waals surface area contributed by atoms with E-state index in [0.29, 0.717) is 11.6 Å². The molecule has 0 fully saturated rings. The number of alkyl halides is 3. The van der Waals surface area contributed by atoms with Crippen LogP contribution in [-0.4, -0.2) is 17.9 Å². The second kappa shape index (κ2) is 10.2. The third-order valence-electron chi connectivity index (χ3n) is 3.63. The molecule has 11 heteroatoms. The number of non-ortho nitro benzene ring substituents is 1. The van der Waals surface area contributed by atoms with Crippen LogP contribution in [0.5, 0.6) is 0 Å². The van der Waals surface area contributed by atoms with Gasteiger partial charge in [0.1, 0.15) is 5.82 Å². The van der Waals surface area contributed by atoms with Crippen molar-refractivity contribution in [2.75, 3.05) is 7.05 Å². The average Bonchev–Trinajstić information content (AvgIpc) is 2.62. The topological polar surface area (TPSA) is 79.6 Å². The highest BCUT2D eigenvalue weighted by molar-refractivity contribution is 14.0. The molecule has 0 saturated heterocycles. The van der Waals surface area contributed by atoms with E-state index in [4.69, 9.17) is 0 Å². The van der Waals surface area contributed by atoms with Crippen molar-refractivity contribution in [3.63, 3.8) is 0 Å². The summed E-state index contributed by atoms with van der Waals surface area (Å²) in [6.45, 7) is -0.0549. The molecule has 0 aliphatic carbocycles. The molecule has 0 amide bonds. The first-order chi connectivity index (χ1) is 12.7. The summed E-state index contributed by atoms with van der Waals surface area (Å²) in [5, 5.41) is 16.3. The first-order valence-corrected chi connectivity index (χ1v) is 7.74. The minimum atomic E-state index is -4.68. The fraction of sp³-hybridized carbons (Fsp3) is 0.235. The second-order valence-corrected chi connectivity index (χ2v) is 5.51. The van der Waals surface area contributed by atoms with Crippen LogP contribution < -0.4 is 10.6 Å². The van der Waals surface area contributed by atoms with Crippen molar-refractivity contribution in [1.29, 1.82) is 0 Å². The van der Waals surface area contributed by atoms with Gasteiger partial charge in [0.25, 0.3) is 5.69 Å². The molecule has 0 radical (unpaired) electrons. The van der Waals surface area contributed by atoms with Gasteiger partial charge in [-0.1, -0.05) is 18.2 Å². The highest BCUT2D eigenvalue weighted by atomic mass is 127. The zero-order valence-electron chi connectivity index (χ0n) is 14.6. The Labute approximate surface area is 175 Å². The Hall–Kier alpha value is -2.44. The molecule has 6 nitrogen and oxygen atoms in total. The Morgan fingerprint density at radius 3 is 2.43 bits per heavy atom. The number of aliphatic imine (C=N–C) groups is 1. The van der Waals surface area contributed by atoms with Crippen LogP contribution in [0.15, 0.2) is 47.5 Å². The minimum Gasteiger partial charge on any atom is -0.352 e. The third kappa shape index (κ3) is 6.62. The predicted octanol–water partition coefficient (Wildman–Crippen LogP) is 4.24. The summed E-state index contributed by atoms with van der Waals surface area (Å²) in [5.41, 5.74) is -0.672. The number of nitro benzene ring substituents is 1. The summed E-state index contributed by atoms with van der Waals surface area (Å²) in [4.78, 5) is 14.1. The van der Waals surface area contributed by atoms with Crippen molar-refractivity contribution in [2.45, 2.75) is 19.3 Å². The number of hydrogen-bond acceptors (Lipinski definition) is 3. The fourth-order valence-electron chi connectivity index (χ4n) is 2.33. The predicted molar refractivity (Wildman–Crippen MR) is 107 cm³/mol. The quantitative estimate of drug-likeness (QED) is 0.157. The van der Waals surface area contributed by atoms with Gasteiger partial charge < -0.3 is 10.6 Å². The highest BCUT2D eigenvalue weighted by Gasteiger charge is 2.33. The van der Waals surface area contributed by atoms with Gasteiger partial charge in [-0.2, -0.15) is 13.2 Å². The van der Waals surface area contributed by atoms with E-state index >= 15 is 0 Å². The van der Waals surface area contributed by atoms with Crippen molar-refractivity contribution in [1.82, 2.24) is 10.6 Å². The van der Waals surface area contributed by atoms with E-state index < -0.39 is 22.5 Å². The maximum Gasteiger partial charge on any atom is 0.416 e. The van der Waals surface area contributed by atoms with Gasteiger partial charge in [-0.15, -0.1) is 24.0 Å². The van der Waals surface area contributed by atoms with Gasteiger partial charge >= 0.3 is 6.18 Å². The summed E-state index contributed by atoms with van der Waals surface area (Å²) >= 11 is 0. The number of rotatable bonds is 5. The smallest absolute Gasteiger partial charge is 0.352 e. The van der Waals surface area contributed by atoms with E-state index in [1.807, 2.05) is 0 Å². The maximum atomic E-state index is 13.1. The standard InChI is InChI=1S/C17H16F4N4O2.HI/c1-22-16(23-9-11-3-2-4-14(7-11)25(26)27)24-10-12-5-6-13(18)8-15(12)17(19,20)21;/h2-8H,9-10H2,1H3,(H2,22,23,24);1H. The summed E-state index contributed by atoms with van der Waals surface area (Å²) in [6, 6.07) is 8.36. The third-order valence-corrected chi connectivity index (χ3v) is 3.63. The zero-order chi connectivity index (χ0) is 20.0. The van der Waals surface area contributed by atoms with Crippen LogP contribution in [0.2, 0.25) is 0 Å². The number of halogens is 5. The zero-order valence-corrected chi connectivity index (χ0v) is 16.9. The monoisotopic (exact) mass is 512 g/mol. The highest BCUT2D eigenvalue weighted by Crippen LogP contribution is 2.32. The van der Waals surface area contributed by atoms with Crippen LogP contribution in [0.25, 0.3) is 0 Å². The van der Waals surface area contributed by atoms with Gasteiger partial charge in [0.15, 0.2) is 5.96 Å². The number of guanidine groups is 1. The molecule has 28 heavy (non-hydrogen) atoms. The minimum absolute atomic E-state index is 0. The average molecular weight is 512 g/mol. The van der Waals surface area contributed by atoms with Crippen LogP contribution in [-0.2, 0) is 19.3 Å². The molecular weight excluding hydrogens is 495 g/mol. The molecule has 0 spiro atoms. The molecule has 2 N–H and O–H groups in total. The Kier molecular flexibility index (Phi) is 8.60. The van der Waals surface area contributed by atoms with E-state index in [2.05, 4.69) is 15.6 Å². The molecule has 2 aromatic rings. The maximum absolute atomic E-state index is 13.1. The van der Waals surface area contributed by atoms with E-state index in [1.54, 1.807) is 6.07 Å². The van der Waals surface area contributed by atoms with Gasteiger partial charge in [0, 0.05) is 32.3 Å². The fourth-order valence-corrected chi connectivity index (χ4v) is 2.33. The molecule has 0 unspecified atom stereocenters. The van der Waals surface area contributed by atoms with Crippen LogP contribution in [0.1, 0.15) is 16.7 Å². The van der Waals surface area contributed by atoms with E-state index in [1.165, 1.54) is 25.2 Å². The Balaban J connectivity index is 0.00000392. The van der Waals surface area contributed by atoms with Gasteiger partial charge in [0.05, 0.1) is 10.5 Å². The molecular formula is C17H17F4IN4O2. The lowest BCUT2D eigenvalue weighted by molar-refractivity contribution is -0.384. The Morgan fingerprint density at radius 2 is 1.82 bits per heavy atom. The van der Waals surface area contributed by atoms with Crippen LogP contribution >= 0.6 is 24.0 Å². The molecule has 0 aliphatic rings. The molecule has 0 atom stereocenters. The number of hydrogen-bond donors (Lipinski definition) is 2. The van der Waals surface area contributed by atoms with Gasteiger partial charge in [0.2, 0.25) is 0 Å². The number of nitro groups is 1. The molecule has 2 aromatic carbocycles. The van der Waals surface area contributed by atoms with Crippen molar-refractivity contribution in [3.05, 3.63) is 75.1 Å². The molecule has 152 valence electrons. The van der Waals surface area contributed by atoms with E-state index in [9.17, 15) is 27.7 Å². The van der Waals surface area contributed by atoms with Gasteiger partial charge in [-0.25, -0.2) is 4.39 Å². The molecule has 0 saturated carbocycles. The summed E-state index contributed by atoms with van der Waals surface area (Å²) in [7, 11) is 1.43. The second-order valence-electron chi connectivity index (χ2n) is 5.51. The molecule has 0 aliphatic heterocycles. The van der Waals surface area contributed by atoms with Crippen molar-refractivity contribution in [2.24, 2.45) is 4.99 Å². The molecule has 0 heterocycles. The first kappa shape index (κ1) is 23.6. The van der Waals surface area contributed by atoms with Gasteiger partial charge in [-0.3, -0.25) is 15.1 Å². The molecule has 2 rings (SSSR count). The van der Waals surface area contributed by atoms with Crippen molar-refractivity contribution < 1.29 is 22.5 Å². The van der Waals surface area contributed by atoms with Gasteiger partial charge in [-0.05, 0) is 23.3 Å². The first-order valence-electron chi connectivity index (χ1n) is 7.74. The Bertz CT molecular complexity index is 859. The largest absolute Gasteiger partial charge is 0.416 e. The number of nitrogens with one attached hydrogen (secondary N) is 2. The van der Waals surface area contributed by atoms with E-state index in [0.717, 1.165) is 12.1 Å². The molecule has 0 aromatic heterocycles. The van der Waals surface area contributed by atoms with Crippen LogP contribution in [0.3, 0.4) is 0 Å². The lowest BCUT2D eigenvalue weighted by atomic mass is 10.1. The molecule has 0 bridgehead atoms. The number of nitrogens with zero attached hydrogens (tertiary/aromatic N) is 2. The SMILES string of the molecule is CN=C(NCc1cccc([N+](=O)[O-])c1)NCc1ccc(F)cc1C(F)(F)F.I. The van der Waals surface area contributed by atoms with E-state index in [-0.39, 0.29) is 54.3 Å². The summed E-state index contributed by atoms with van der Waals surface area (Å²) < 4.78 is 52.2. The van der Waals surface area contributed by atoms with Crippen LogP contribution in [0.4, 0.5) is 23.2 Å². The lowest BCUT2D eigenvalue weighted by Gasteiger charge is -2.16. The number of benzene rings is 2. The Morgan fingerprint density at radius 1 is 1.14 bits per heavy atom.